The van der Waals surface area contributed by atoms with E-state index in [1.807, 2.05) is 0 Å². The number of amides is 1. The van der Waals surface area contributed by atoms with Crippen molar-refractivity contribution in [1.82, 2.24) is 4.98 Å². The molecule has 102 valence electrons. The lowest BCUT2D eigenvalue weighted by molar-refractivity contribution is 0.0696. The highest BCUT2D eigenvalue weighted by atomic mass is 79.9. The van der Waals surface area contributed by atoms with Gasteiger partial charge in [-0.15, -0.1) is 0 Å². The first-order valence-electron chi connectivity index (χ1n) is 5.71. The summed E-state index contributed by atoms with van der Waals surface area (Å²) in [7, 11) is 1.62. The number of aromatic carboxylic acids is 1. The molecular weight excluding hydrogens is 324 g/mol. The van der Waals surface area contributed by atoms with Crippen LogP contribution >= 0.6 is 15.9 Å². The zero-order valence-electron chi connectivity index (χ0n) is 10.6. The van der Waals surface area contributed by atoms with E-state index in [0.717, 1.165) is 4.47 Å². The van der Waals surface area contributed by atoms with E-state index in [1.54, 1.807) is 31.4 Å². The fourth-order valence-electron chi connectivity index (χ4n) is 1.67. The molecule has 0 saturated heterocycles. The summed E-state index contributed by atoms with van der Waals surface area (Å²) in [5.41, 5.74) is 1.24. The van der Waals surface area contributed by atoms with Crippen molar-refractivity contribution in [2.24, 2.45) is 0 Å². The van der Waals surface area contributed by atoms with Gasteiger partial charge in [0.05, 0.1) is 11.1 Å². The van der Waals surface area contributed by atoms with Gasteiger partial charge in [0, 0.05) is 29.6 Å². The van der Waals surface area contributed by atoms with Crippen LogP contribution in [-0.2, 0) is 0 Å². The summed E-state index contributed by atoms with van der Waals surface area (Å²) in [5, 5.41) is 8.84. The molecular formula is C14H11BrN2O3. The van der Waals surface area contributed by atoms with Gasteiger partial charge in [0.15, 0.2) is 0 Å². The fraction of sp³-hybridized carbons (Fsp3) is 0.0714. The molecule has 0 atom stereocenters. The summed E-state index contributed by atoms with van der Waals surface area (Å²) in [4.78, 5) is 28.4. The molecule has 1 aromatic carbocycles. The molecule has 0 unspecified atom stereocenters. The van der Waals surface area contributed by atoms with Crippen LogP contribution in [0.1, 0.15) is 20.7 Å². The Labute approximate surface area is 124 Å². The smallest absolute Gasteiger partial charge is 0.335 e. The maximum Gasteiger partial charge on any atom is 0.335 e. The van der Waals surface area contributed by atoms with Crippen molar-refractivity contribution in [2.75, 3.05) is 11.9 Å². The number of anilines is 1. The molecule has 1 N–H and O–H groups in total. The minimum absolute atomic E-state index is 0.179. The lowest BCUT2D eigenvalue weighted by Crippen LogP contribution is -2.26. The van der Waals surface area contributed by atoms with Gasteiger partial charge in [0.2, 0.25) is 0 Å². The fourth-order valence-corrected chi connectivity index (χ4v) is 2.03. The molecule has 1 aromatic heterocycles. The zero-order chi connectivity index (χ0) is 14.7. The molecule has 0 aliphatic carbocycles. The molecule has 0 bridgehead atoms. The van der Waals surface area contributed by atoms with E-state index in [4.69, 9.17) is 5.11 Å². The van der Waals surface area contributed by atoms with Gasteiger partial charge in [-0.1, -0.05) is 0 Å². The molecule has 5 nitrogen and oxygen atoms in total. The predicted octanol–water partition coefficient (Wildman–Crippen LogP) is 2.82. The summed E-state index contributed by atoms with van der Waals surface area (Å²) in [5.74, 6) is -1.22. The second-order valence-electron chi connectivity index (χ2n) is 4.11. The molecule has 0 saturated carbocycles. The summed E-state index contributed by atoms with van der Waals surface area (Å²) < 4.78 is 0.720. The quantitative estimate of drug-likeness (QED) is 0.936. The number of nitrogens with zero attached hydrogens (tertiary/aromatic N) is 2. The first-order valence-corrected chi connectivity index (χ1v) is 6.50. The third-order valence-electron chi connectivity index (χ3n) is 2.76. The van der Waals surface area contributed by atoms with E-state index in [2.05, 4.69) is 20.9 Å². The van der Waals surface area contributed by atoms with E-state index in [1.165, 1.54) is 23.2 Å². The topological polar surface area (TPSA) is 70.5 Å². The molecule has 2 rings (SSSR count). The van der Waals surface area contributed by atoms with Gasteiger partial charge in [-0.05, 0) is 46.3 Å². The predicted molar refractivity (Wildman–Crippen MR) is 78.1 cm³/mol. The Balaban J connectivity index is 2.24. The standard InChI is InChI=1S/C14H11BrN2O3/c1-17(12-4-2-9(3-5-12)14(19)20)13(18)10-6-11(15)8-16-7-10/h2-8H,1H3,(H,19,20). The second-order valence-corrected chi connectivity index (χ2v) is 5.02. The average molecular weight is 335 g/mol. The Morgan fingerprint density at radius 2 is 1.80 bits per heavy atom. The van der Waals surface area contributed by atoms with Crippen LogP contribution in [-0.4, -0.2) is 29.0 Å². The minimum Gasteiger partial charge on any atom is -0.478 e. The SMILES string of the molecule is CN(C(=O)c1cncc(Br)c1)c1ccc(C(=O)O)cc1. The van der Waals surface area contributed by atoms with Crippen LogP contribution in [0.3, 0.4) is 0 Å². The van der Waals surface area contributed by atoms with Crippen LogP contribution in [0.2, 0.25) is 0 Å². The molecule has 0 radical (unpaired) electrons. The van der Waals surface area contributed by atoms with Gasteiger partial charge in [-0.2, -0.15) is 0 Å². The van der Waals surface area contributed by atoms with Crippen LogP contribution in [0.5, 0.6) is 0 Å². The largest absolute Gasteiger partial charge is 0.478 e. The Hall–Kier alpha value is -2.21. The van der Waals surface area contributed by atoms with Crippen LogP contribution < -0.4 is 4.90 Å². The number of pyridine rings is 1. The summed E-state index contributed by atoms with van der Waals surface area (Å²) in [6, 6.07) is 7.78. The number of benzene rings is 1. The van der Waals surface area contributed by atoms with Gasteiger partial charge in [0.25, 0.3) is 5.91 Å². The Morgan fingerprint density at radius 3 is 2.35 bits per heavy atom. The zero-order valence-corrected chi connectivity index (χ0v) is 12.2. The highest BCUT2D eigenvalue weighted by molar-refractivity contribution is 9.10. The van der Waals surface area contributed by atoms with E-state index in [9.17, 15) is 9.59 Å². The second kappa shape index (κ2) is 5.83. The number of carbonyl (C=O) groups is 2. The lowest BCUT2D eigenvalue weighted by atomic mass is 10.2. The third kappa shape index (κ3) is 3.03. The maximum atomic E-state index is 12.3. The monoisotopic (exact) mass is 334 g/mol. The number of carbonyl (C=O) groups excluding carboxylic acids is 1. The summed E-state index contributed by atoms with van der Waals surface area (Å²) in [6.07, 6.45) is 3.08. The Bertz CT molecular complexity index is 656. The first kappa shape index (κ1) is 14.2. The van der Waals surface area contributed by atoms with Crippen molar-refractivity contribution >= 4 is 33.5 Å². The molecule has 0 fully saturated rings. The normalized spacial score (nSPS) is 10.1. The van der Waals surface area contributed by atoms with Crippen molar-refractivity contribution in [3.05, 3.63) is 58.3 Å². The van der Waals surface area contributed by atoms with Gasteiger partial charge in [0.1, 0.15) is 0 Å². The number of hydrogen-bond donors (Lipinski definition) is 1. The van der Waals surface area contributed by atoms with E-state index >= 15 is 0 Å². The summed E-state index contributed by atoms with van der Waals surface area (Å²) in [6.45, 7) is 0. The van der Waals surface area contributed by atoms with Crippen molar-refractivity contribution in [3.8, 4) is 0 Å². The Kier molecular flexibility index (Phi) is 4.14. The number of carboxylic acid groups (broad SMARTS) is 1. The number of rotatable bonds is 3. The number of carboxylic acids is 1. The molecule has 0 aliphatic rings. The highest BCUT2D eigenvalue weighted by Gasteiger charge is 2.14. The van der Waals surface area contributed by atoms with Gasteiger partial charge in [-0.3, -0.25) is 9.78 Å². The van der Waals surface area contributed by atoms with Crippen molar-refractivity contribution < 1.29 is 14.7 Å². The van der Waals surface area contributed by atoms with Crippen molar-refractivity contribution in [1.29, 1.82) is 0 Å². The van der Waals surface area contributed by atoms with Crippen molar-refractivity contribution in [2.45, 2.75) is 0 Å². The molecule has 1 amide bonds. The number of halogens is 1. The molecule has 0 aliphatic heterocycles. The molecule has 2 aromatic rings. The van der Waals surface area contributed by atoms with Crippen LogP contribution in [0.15, 0.2) is 47.2 Å². The van der Waals surface area contributed by atoms with Crippen LogP contribution in [0.25, 0.3) is 0 Å². The summed E-state index contributed by atoms with van der Waals surface area (Å²) >= 11 is 3.26. The van der Waals surface area contributed by atoms with Crippen LogP contribution in [0.4, 0.5) is 5.69 Å². The molecule has 0 spiro atoms. The lowest BCUT2D eigenvalue weighted by Gasteiger charge is -2.17. The first-order chi connectivity index (χ1) is 9.49. The third-order valence-corrected chi connectivity index (χ3v) is 3.19. The van der Waals surface area contributed by atoms with Gasteiger partial charge >= 0.3 is 5.97 Å². The molecule has 20 heavy (non-hydrogen) atoms. The van der Waals surface area contributed by atoms with E-state index in [-0.39, 0.29) is 11.5 Å². The average Bonchev–Trinajstić information content (AvgIpc) is 2.46. The van der Waals surface area contributed by atoms with Crippen molar-refractivity contribution in [3.63, 3.8) is 0 Å². The van der Waals surface area contributed by atoms with Gasteiger partial charge < -0.3 is 10.0 Å². The number of hydrogen-bond acceptors (Lipinski definition) is 3. The molecule has 6 heteroatoms. The number of aromatic nitrogens is 1. The van der Waals surface area contributed by atoms with E-state index < -0.39 is 5.97 Å². The Morgan fingerprint density at radius 1 is 1.15 bits per heavy atom. The van der Waals surface area contributed by atoms with Crippen LogP contribution in [0, 0.1) is 0 Å². The molecule has 1 heterocycles. The van der Waals surface area contributed by atoms with Gasteiger partial charge in [-0.25, -0.2) is 4.79 Å². The van der Waals surface area contributed by atoms with E-state index in [0.29, 0.717) is 11.3 Å². The highest BCUT2D eigenvalue weighted by Crippen LogP contribution is 2.18. The maximum absolute atomic E-state index is 12.3. The minimum atomic E-state index is -0.998.